The number of hydrazine groups is 1. The van der Waals surface area contributed by atoms with Gasteiger partial charge in [0.2, 0.25) is 0 Å². The first kappa shape index (κ1) is 37.6. The third-order valence-corrected chi connectivity index (χ3v) is 8.13. The van der Waals surface area contributed by atoms with Crippen molar-refractivity contribution in [3.05, 3.63) is 70.2 Å². The second-order valence-corrected chi connectivity index (χ2v) is 12.2. The number of benzene rings is 2. The lowest BCUT2D eigenvalue weighted by atomic mass is 9.74. The summed E-state index contributed by atoms with van der Waals surface area (Å²) in [7, 11) is 3.70. The van der Waals surface area contributed by atoms with Gasteiger partial charge in [-0.2, -0.15) is 0 Å². The van der Waals surface area contributed by atoms with E-state index >= 15 is 0 Å². The molecule has 9 heteroatoms. The molecule has 4 atom stereocenters. The van der Waals surface area contributed by atoms with Gasteiger partial charge in [0.25, 0.3) is 0 Å². The van der Waals surface area contributed by atoms with Crippen LogP contribution in [0.25, 0.3) is 0 Å². The minimum absolute atomic E-state index is 0.154. The predicted molar refractivity (Wildman–Crippen MR) is 176 cm³/mol. The summed E-state index contributed by atoms with van der Waals surface area (Å²) in [5, 5.41) is 0.601. The van der Waals surface area contributed by atoms with E-state index in [1.165, 1.54) is 19.0 Å². The number of nitrogens with zero attached hydrogens (tertiary/aromatic N) is 2. The van der Waals surface area contributed by atoms with E-state index in [0.29, 0.717) is 34.9 Å². The van der Waals surface area contributed by atoms with Crippen LogP contribution in [0.15, 0.2) is 53.5 Å². The lowest BCUT2D eigenvalue weighted by molar-refractivity contribution is -0.102. The summed E-state index contributed by atoms with van der Waals surface area (Å²) in [5.41, 5.74) is 16.2. The quantitative estimate of drug-likeness (QED) is 0.0855. The number of hydrogen-bond acceptors (Lipinski definition) is 8. The van der Waals surface area contributed by atoms with Crippen molar-refractivity contribution in [2.75, 3.05) is 14.1 Å². The van der Waals surface area contributed by atoms with Gasteiger partial charge in [0.05, 0.1) is 6.17 Å². The van der Waals surface area contributed by atoms with Gasteiger partial charge < -0.3 is 16.3 Å². The Labute approximate surface area is 258 Å². The highest BCUT2D eigenvalue weighted by atomic mass is 35.5. The lowest BCUT2D eigenvalue weighted by Crippen LogP contribution is -2.52. The van der Waals surface area contributed by atoms with Gasteiger partial charge in [-0.15, -0.1) is 0 Å². The number of aliphatic imine (C=N–C) groups is 1. The van der Waals surface area contributed by atoms with Crippen LogP contribution >= 0.6 is 11.6 Å². The molecule has 234 valence electrons. The highest BCUT2D eigenvalue weighted by Gasteiger charge is 2.44. The molecule has 0 aromatic heterocycles. The monoisotopic (exact) mass is 600 g/mol. The molecule has 2 aromatic carbocycles. The summed E-state index contributed by atoms with van der Waals surface area (Å²) >= 11 is 6.29. The largest absolute Gasteiger partial charge is 0.333 e. The summed E-state index contributed by atoms with van der Waals surface area (Å²) in [6.07, 6.45) is 6.34. The minimum atomic E-state index is -0.498. The maximum Gasteiger partial charge on any atom is 0.168 e. The topological polar surface area (TPSA) is 140 Å². The van der Waals surface area contributed by atoms with Crippen molar-refractivity contribution in [1.29, 1.82) is 0 Å². The Morgan fingerprint density at radius 1 is 1.12 bits per heavy atom. The van der Waals surface area contributed by atoms with Crippen molar-refractivity contribution in [1.82, 2.24) is 10.3 Å². The molecule has 0 amide bonds. The SMILES string of the molecule is C=O.CC(C)CCC(c1ccc(CC(N)NN)cc1)N(C)C1(/N=C(\C=O)c2cccc(Cl)c2)CC(C)CC(C)C1.CN. The van der Waals surface area contributed by atoms with E-state index in [4.69, 9.17) is 33.0 Å². The molecule has 0 bridgehead atoms. The van der Waals surface area contributed by atoms with Crippen molar-refractivity contribution in [3.63, 3.8) is 0 Å². The molecule has 1 saturated carbocycles. The number of carbonyl (C=O) groups excluding carboxylic acids is 2. The summed E-state index contributed by atoms with van der Waals surface area (Å²) < 4.78 is 0. The van der Waals surface area contributed by atoms with Crippen LogP contribution in [0.2, 0.25) is 5.02 Å². The molecule has 1 aliphatic rings. The van der Waals surface area contributed by atoms with Crippen LogP contribution in [0.1, 0.15) is 82.5 Å². The van der Waals surface area contributed by atoms with Crippen molar-refractivity contribution >= 4 is 30.4 Å². The van der Waals surface area contributed by atoms with E-state index < -0.39 is 5.66 Å². The highest BCUT2D eigenvalue weighted by molar-refractivity contribution is 6.37. The average molecular weight is 601 g/mol. The van der Waals surface area contributed by atoms with Crippen molar-refractivity contribution in [2.45, 2.75) is 84.1 Å². The molecular formula is C33H53ClN6O2. The van der Waals surface area contributed by atoms with E-state index in [2.05, 4.69) is 75.1 Å². The highest BCUT2D eigenvalue weighted by Crippen LogP contribution is 2.45. The van der Waals surface area contributed by atoms with Crippen LogP contribution in [0.4, 0.5) is 0 Å². The van der Waals surface area contributed by atoms with Crippen LogP contribution < -0.4 is 22.7 Å². The second kappa shape index (κ2) is 18.9. The van der Waals surface area contributed by atoms with Gasteiger partial charge in [0.1, 0.15) is 18.2 Å². The number of aldehydes is 1. The summed E-state index contributed by atoms with van der Waals surface area (Å²) in [5.74, 6) is 7.07. The van der Waals surface area contributed by atoms with Crippen molar-refractivity contribution in [3.8, 4) is 0 Å². The number of halogens is 1. The molecule has 42 heavy (non-hydrogen) atoms. The van der Waals surface area contributed by atoms with Crippen LogP contribution in [-0.4, -0.2) is 49.6 Å². The maximum atomic E-state index is 12.4. The first-order chi connectivity index (χ1) is 20.1. The molecule has 0 saturated heterocycles. The van der Waals surface area contributed by atoms with Crippen molar-refractivity contribution in [2.24, 2.45) is 40.1 Å². The second-order valence-electron chi connectivity index (χ2n) is 11.8. The van der Waals surface area contributed by atoms with Gasteiger partial charge in [-0.3, -0.25) is 20.5 Å². The molecule has 2 aromatic rings. The fraction of sp³-hybridized carbons (Fsp3) is 0.545. The van der Waals surface area contributed by atoms with E-state index in [0.717, 1.165) is 43.1 Å². The van der Waals surface area contributed by atoms with E-state index in [-0.39, 0.29) is 12.2 Å². The maximum absolute atomic E-state index is 12.4. The Bertz CT molecular complexity index is 1080. The number of carbonyl (C=O) groups is 2. The zero-order valence-corrected chi connectivity index (χ0v) is 27.1. The first-order valence-corrected chi connectivity index (χ1v) is 15.2. The molecule has 1 fully saturated rings. The number of rotatable bonds is 12. The fourth-order valence-corrected chi connectivity index (χ4v) is 6.29. The fourth-order valence-electron chi connectivity index (χ4n) is 6.10. The molecule has 3 rings (SSSR count). The molecule has 4 unspecified atom stereocenters. The van der Waals surface area contributed by atoms with E-state index in [1.807, 2.05) is 31.1 Å². The Balaban J connectivity index is 0.00000211. The van der Waals surface area contributed by atoms with Crippen LogP contribution in [0.5, 0.6) is 0 Å². The standard InChI is InChI=1S/C31H46ClN5O.CH5N.CH2O/c1-21(2)9-14-29(25-12-10-24(11-13-25)16-30(33)36-34)37(5)31(18-22(3)15-23(4)19-31)35-28(20-38)26-7-6-8-27(32)17-26;2*1-2/h6-8,10-13,17,20-23,29-30,36H,9,14-16,18-19,33-34H2,1-5H3;2H2,1H3;1H2/b35-28+;;. The molecule has 0 aliphatic heterocycles. The Hall–Kier alpha value is -2.46. The van der Waals surface area contributed by atoms with Gasteiger partial charge in [0, 0.05) is 23.0 Å². The summed E-state index contributed by atoms with van der Waals surface area (Å²) in [6, 6.07) is 16.3. The van der Waals surface area contributed by atoms with Gasteiger partial charge in [-0.1, -0.05) is 75.7 Å². The normalized spacial score (nSPS) is 22.0. The summed E-state index contributed by atoms with van der Waals surface area (Å²) in [6.45, 7) is 11.1. The molecular weight excluding hydrogens is 548 g/mol. The van der Waals surface area contributed by atoms with Gasteiger partial charge >= 0.3 is 0 Å². The molecule has 1 aliphatic carbocycles. The zero-order chi connectivity index (χ0) is 31.9. The molecule has 8 nitrogen and oxygen atoms in total. The van der Waals surface area contributed by atoms with E-state index in [9.17, 15) is 4.79 Å². The zero-order valence-electron chi connectivity index (χ0n) is 26.4. The Morgan fingerprint density at radius 2 is 1.71 bits per heavy atom. The number of nitrogens with one attached hydrogen (secondary N) is 1. The van der Waals surface area contributed by atoms with Gasteiger partial charge in [-0.05, 0) is 87.2 Å². The van der Waals surface area contributed by atoms with Crippen LogP contribution in [-0.2, 0) is 16.0 Å². The number of hydrogen-bond donors (Lipinski definition) is 4. The van der Waals surface area contributed by atoms with Crippen LogP contribution in [0.3, 0.4) is 0 Å². The Kier molecular flexibility index (Phi) is 16.9. The Morgan fingerprint density at radius 3 is 2.21 bits per heavy atom. The minimum Gasteiger partial charge on any atom is -0.333 e. The third-order valence-electron chi connectivity index (χ3n) is 7.89. The van der Waals surface area contributed by atoms with Crippen molar-refractivity contribution < 1.29 is 9.59 Å². The molecule has 0 heterocycles. The van der Waals surface area contributed by atoms with Gasteiger partial charge in [-0.25, -0.2) is 5.43 Å². The van der Waals surface area contributed by atoms with E-state index in [1.54, 1.807) is 0 Å². The van der Waals surface area contributed by atoms with Crippen LogP contribution in [0, 0.1) is 17.8 Å². The molecule has 0 spiro atoms. The molecule has 7 N–H and O–H groups in total. The smallest absolute Gasteiger partial charge is 0.168 e. The van der Waals surface area contributed by atoms with Gasteiger partial charge in [0.15, 0.2) is 6.29 Å². The molecule has 0 radical (unpaired) electrons. The third kappa shape index (κ3) is 11.0. The average Bonchev–Trinajstić information content (AvgIpc) is 2.98. The lowest BCUT2D eigenvalue weighted by Gasteiger charge is -2.49. The number of nitrogens with two attached hydrogens (primary N) is 3. The first-order valence-electron chi connectivity index (χ1n) is 14.8. The predicted octanol–water partition coefficient (Wildman–Crippen LogP) is 5.27. The summed E-state index contributed by atoms with van der Waals surface area (Å²) in [4.78, 5) is 28.2.